The highest BCUT2D eigenvalue weighted by Gasteiger charge is 2.18. The molecule has 0 fully saturated rings. The topological polar surface area (TPSA) is 91.1 Å². The summed E-state index contributed by atoms with van der Waals surface area (Å²) in [6.07, 6.45) is 4.72. The largest absolute Gasteiger partial charge is 0.442 e. The van der Waals surface area contributed by atoms with Gasteiger partial charge in [0, 0.05) is 17.6 Å². The van der Waals surface area contributed by atoms with Crippen LogP contribution in [0, 0.1) is 0 Å². The van der Waals surface area contributed by atoms with E-state index >= 15 is 0 Å². The van der Waals surface area contributed by atoms with Crippen LogP contribution >= 0.6 is 0 Å². The van der Waals surface area contributed by atoms with Crippen molar-refractivity contribution in [2.45, 2.75) is 25.8 Å². The first-order valence-corrected chi connectivity index (χ1v) is 8.75. The van der Waals surface area contributed by atoms with E-state index in [2.05, 4.69) is 16.2 Å². The van der Waals surface area contributed by atoms with E-state index in [1.54, 1.807) is 18.3 Å². The fourth-order valence-electron chi connectivity index (χ4n) is 3.68. The standard InChI is InChI=1S/C20H15N3O4/c24-18-10-14(15-8-12-4-3-5-13(12)9-17(15)26-18)11-23-19(22-27-20(23)25)16-6-1-2-7-21-16/h1-2,6-10H,3-5,11H2. The molecule has 134 valence electrons. The molecule has 27 heavy (non-hydrogen) atoms. The maximum atomic E-state index is 12.2. The summed E-state index contributed by atoms with van der Waals surface area (Å²) in [5.74, 6) is -0.277. The van der Waals surface area contributed by atoms with Crippen LogP contribution in [0.15, 0.2) is 61.1 Å². The van der Waals surface area contributed by atoms with Crippen LogP contribution in [0.25, 0.3) is 22.5 Å². The highest BCUT2D eigenvalue weighted by atomic mass is 16.5. The second-order valence-electron chi connectivity index (χ2n) is 6.63. The van der Waals surface area contributed by atoms with Gasteiger partial charge in [0.1, 0.15) is 11.3 Å². The van der Waals surface area contributed by atoms with Crippen molar-refractivity contribution in [2.24, 2.45) is 0 Å². The molecule has 0 atom stereocenters. The first-order valence-electron chi connectivity index (χ1n) is 8.75. The molecule has 1 aliphatic carbocycles. The molecule has 0 spiro atoms. The highest BCUT2D eigenvalue weighted by Crippen LogP contribution is 2.29. The number of aromatic nitrogens is 3. The molecule has 1 aliphatic rings. The summed E-state index contributed by atoms with van der Waals surface area (Å²) in [6, 6.07) is 10.8. The summed E-state index contributed by atoms with van der Waals surface area (Å²) in [7, 11) is 0. The summed E-state index contributed by atoms with van der Waals surface area (Å²) in [6.45, 7) is 0.148. The second kappa shape index (κ2) is 6.05. The molecule has 0 radical (unpaired) electrons. The van der Waals surface area contributed by atoms with Gasteiger partial charge in [-0.1, -0.05) is 11.2 Å². The molecule has 0 N–H and O–H groups in total. The van der Waals surface area contributed by atoms with E-state index in [0.717, 1.165) is 24.6 Å². The average molecular weight is 361 g/mol. The molecule has 7 nitrogen and oxygen atoms in total. The number of pyridine rings is 1. The van der Waals surface area contributed by atoms with Gasteiger partial charge in [-0.2, -0.15) is 0 Å². The molecule has 0 amide bonds. The third kappa shape index (κ3) is 2.68. The van der Waals surface area contributed by atoms with E-state index in [4.69, 9.17) is 8.94 Å². The molecular formula is C20H15N3O4. The molecule has 4 aromatic rings. The number of hydrogen-bond donors (Lipinski definition) is 0. The van der Waals surface area contributed by atoms with Gasteiger partial charge in [0.25, 0.3) is 0 Å². The first-order chi connectivity index (χ1) is 13.2. The van der Waals surface area contributed by atoms with Crippen molar-refractivity contribution in [1.29, 1.82) is 0 Å². The minimum atomic E-state index is -0.599. The van der Waals surface area contributed by atoms with E-state index in [0.29, 0.717) is 22.7 Å². The Morgan fingerprint density at radius 3 is 2.74 bits per heavy atom. The van der Waals surface area contributed by atoms with Gasteiger partial charge in [0.2, 0.25) is 5.82 Å². The van der Waals surface area contributed by atoms with Gasteiger partial charge in [-0.15, -0.1) is 0 Å². The third-order valence-corrected chi connectivity index (χ3v) is 4.95. The molecule has 5 rings (SSSR count). The van der Waals surface area contributed by atoms with Gasteiger partial charge < -0.3 is 4.42 Å². The Morgan fingerprint density at radius 1 is 1.07 bits per heavy atom. The van der Waals surface area contributed by atoms with Gasteiger partial charge in [0.15, 0.2) is 0 Å². The van der Waals surface area contributed by atoms with Crippen LogP contribution in [-0.4, -0.2) is 14.7 Å². The highest BCUT2D eigenvalue weighted by molar-refractivity contribution is 5.82. The van der Waals surface area contributed by atoms with Crippen LogP contribution < -0.4 is 11.4 Å². The lowest BCUT2D eigenvalue weighted by Gasteiger charge is -2.09. The van der Waals surface area contributed by atoms with Crippen molar-refractivity contribution in [3.8, 4) is 11.5 Å². The summed E-state index contributed by atoms with van der Waals surface area (Å²) < 4.78 is 11.6. The maximum absolute atomic E-state index is 12.2. The fraction of sp³-hybridized carbons (Fsp3) is 0.200. The number of rotatable bonds is 3. The predicted octanol–water partition coefficient (Wildman–Crippen LogP) is 2.54. The minimum absolute atomic E-state index is 0.148. The molecular weight excluding hydrogens is 346 g/mol. The number of fused-ring (bicyclic) bond motifs is 2. The van der Waals surface area contributed by atoms with Gasteiger partial charge in [-0.05, 0) is 60.2 Å². The molecule has 1 aromatic carbocycles. The summed E-state index contributed by atoms with van der Waals surface area (Å²) in [4.78, 5) is 28.5. The van der Waals surface area contributed by atoms with Crippen molar-refractivity contribution in [2.75, 3.05) is 0 Å². The molecule has 0 aliphatic heterocycles. The first kappa shape index (κ1) is 15.7. The van der Waals surface area contributed by atoms with Gasteiger partial charge in [0.05, 0.1) is 6.54 Å². The molecule has 0 unspecified atom stereocenters. The monoisotopic (exact) mass is 361 g/mol. The lowest BCUT2D eigenvalue weighted by atomic mass is 10.0. The van der Waals surface area contributed by atoms with E-state index in [1.165, 1.54) is 21.8 Å². The van der Waals surface area contributed by atoms with Gasteiger partial charge in [-0.25, -0.2) is 9.59 Å². The van der Waals surface area contributed by atoms with Crippen molar-refractivity contribution >= 4 is 11.0 Å². The van der Waals surface area contributed by atoms with E-state index in [9.17, 15) is 9.59 Å². The maximum Gasteiger partial charge on any atom is 0.442 e. The summed E-state index contributed by atoms with van der Waals surface area (Å²) in [5, 5.41) is 4.68. The number of benzene rings is 1. The lowest BCUT2D eigenvalue weighted by molar-refractivity contribution is 0.378. The number of hydrogen-bond acceptors (Lipinski definition) is 6. The van der Waals surface area contributed by atoms with Gasteiger partial charge >= 0.3 is 11.4 Å². The molecule has 3 aromatic heterocycles. The van der Waals surface area contributed by atoms with Crippen molar-refractivity contribution in [3.63, 3.8) is 0 Å². The quantitative estimate of drug-likeness (QED) is 0.521. The molecule has 0 saturated heterocycles. The van der Waals surface area contributed by atoms with Gasteiger partial charge in [-0.3, -0.25) is 14.1 Å². The zero-order valence-electron chi connectivity index (χ0n) is 14.3. The second-order valence-corrected chi connectivity index (χ2v) is 6.63. The Balaban J connectivity index is 1.67. The van der Waals surface area contributed by atoms with Crippen molar-refractivity contribution in [3.05, 3.63) is 80.3 Å². The average Bonchev–Trinajstić information content (AvgIpc) is 3.27. The Hall–Kier alpha value is -3.48. The zero-order valence-corrected chi connectivity index (χ0v) is 14.3. The molecule has 3 heterocycles. The van der Waals surface area contributed by atoms with Crippen molar-refractivity contribution < 1.29 is 8.94 Å². The Bertz CT molecular complexity index is 1270. The Morgan fingerprint density at radius 2 is 1.93 bits per heavy atom. The minimum Gasteiger partial charge on any atom is -0.423 e. The fourth-order valence-corrected chi connectivity index (χ4v) is 3.68. The summed E-state index contributed by atoms with van der Waals surface area (Å²) in [5.41, 5.74) is 3.80. The van der Waals surface area contributed by atoms with Crippen LogP contribution in [-0.2, 0) is 19.4 Å². The van der Waals surface area contributed by atoms with E-state index < -0.39 is 11.4 Å². The smallest absolute Gasteiger partial charge is 0.423 e. The van der Waals surface area contributed by atoms with Crippen LogP contribution in [0.4, 0.5) is 0 Å². The van der Waals surface area contributed by atoms with Crippen LogP contribution in [0.1, 0.15) is 23.1 Å². The zero-order chi connectivity index (χ0) is 18.4. The van der Waals surface area contributed by atoms with Crippen molar-refractivity contribution in [1.82, 2.24) is 14.7 Å². The van der Waals surface area contributed by atoms with Crippen LogP contribution in [0.2, 0.25) is 0 Å². The summed E-state index contributed by atoms with van der Waals surface area (Å²) >= 11 is 0. The predicted molar refractivity (Wildman–Crippen MR) is 97.6 cm³/mol. The van der Waals surface area contributed by atoms with E-state index in [1.807, 2.05) is 12.1 Å². The molecule has 0 saturated carbocycles. The Kier molecular flexibility index (Phi) is 3.53. The lowest BCUT2D eigenvalue weighted by Crippen LogP contribution is -2.18. The number of nitrogens with zero attached hydrogens (tertiary/aromatic N) is 3. The SMILES string of the molecule is O=c1cc(Cn2c(-c3ccccn3)noc2=O)c2cc3c(cc2o1)CCC3. The third-order valence-electron chi connectivity index (χ3n) is 4.95. The molecule has 7 heteroatoms. The Labute approximate surface area is 152 Å². The number of aryl methyl sites for hydroxylation is 2. The van der Waals surface area contributed by atoms with Crippen LogP contribution in [0.3, 0.4) is 0 Å². The molecule has 0 bridgehead atoms. The van der Waals surface area contributed by atoms with Crippen LogP contribution in [0.5, 0.6) is 0 Å². The van der Waals surface area contributed by atoms with E-state index in [-0.39, 0.29) is 6.54 Å². The normalized spacial score (nSPS) is 13.2.